The fourth-order valence-corrected chi connectivity index (χ4v) is 2.10. The van der Waals surface area contributed by atoms with Gasteiger partial charge in [0.15, 0.2) is 11.5 Å². The summed E-state index contributed by atoms with van der Waals surface area (Å²) in [6.45, 7) is 1.15. The Morgan fingerprint density at radius 3 is 2.67 bits per heavy atom. The van der Waals surface area contributed by atoms with Gasteiger partial charge in [-0.3, -0.25) is 4.98 Å². The number of nitrogens with zero attached hydrogens (tertiary/aromatic N) is 1. The second-order valence-corrected chi connectivity index (χ2v) is 4.48. The summed E-state index contributed by atoms with van der Waals surface area (Å²) in [7, 11) is 4.91. The molecule has 1 heterocycles. The van der Waals surface area contributed by atoms with Crippen molar-refractivity contribution < 1.29 is 14.2 Å². The third-order valence-corrected chi connectivity index (χ3v) is 3.06. The van der Waals surface area contributed by atoms with E-state index in [-0.39, 0.29) is 0 Å². The molecule has 0 atom stereocenters. The average Bonchev–Trinajstić information content (AvgIpc) is 2.53. The maximum Gasteiger partial charge on any atom is 0.184 e. The molecule has 0 saturated carbocycles. The topological polar surface area (TPSA) is 52.6 Å². The van der Waals surface area contributed by atoms with Crippen molar-refractivity contribution in [3.8, 4) is 11.5 Å². The Bertz CT molecular complexity index is 587. The van der Waals surface area contributed by atoms with Gasteiger partial charge in [-0.25, -0.2) is 0 Å². The van der Waals surface area contributed by atoms with Crippen molar-refractivity contribution in [1.29, 1.82) is 0 Å². The summed E-state index contributed by atoms with van der Waals surface area (Å²) in [5.74, 6) is 1.33. The van der Waals surface area contributed by atoms with Crippen LogP contribution in [0.1, 0.15) is 11.3 Å². The van der Waals surface area contributed by atoms with E-state index < -0.39 is 0 Å². The Balaban J connectivity index is 2.11. The van der Waals surface area contributed by atoms with Crippen LogP contribution in [0.5, 0.6) is 11.5 Å². The van der Waals surface area contributed by atoms with Crippen LogP contribution >= 0.6 is 0 Å². The highest BCUT2D eigenvalue weighted by Crippen LogP contribution is 2.29. The lowest BCUT2D eigenvalue weighted by atomic mass is 10.2. The number of pyridine rings is 1. The van der Waals surface area contributed by atoms with Crippen LogP contribution in [0.3, 0.4) is 0 Å². The number of hydrogen-bond acceptors (Lipinski definition) is 5. The first kappa shape index (κ1) is 15.1. The summed E-state index contributed by atoms with van der Waals surface area (Å²) < 4.78 is 15.8. The van der Waals surface area contributed by atoms with E-state index in [9.17, 15) is 0 Å². The monoisotopic (exact) mass is 288 g/mol. The van der Waals surface area contributed by atoms with Gasteiger partial charge in [0.1, 0.15) is 5.69 Å². The minimum absolute atomic E-state index is 0.552. The molecule has 1 aromatic heterocycles. The fourth-order valence-electron chi connectivity index (χ4n) is 2.10. The van der Waals surface area contributed by atoms with Crippen LogP contribution in [0.15, 0.2) is 36.5 Å². The largest absolute Gasteiger partial charge is 0.493 e. The van der Waals surface area contributed by atoms with Gasteiger partial charge in [0, 0.05) is 25.1 Å². The highest BCUT2D eigenvalue weighted by molar-refractivity contribution is 5.48. The second kappa shape index (κ2) is 7.50. The Kier molecular flexibility index (Phi) is 5.40. The van der Waals surface area contributed by atoms with E-state index in [1.54, 1.807) is 33.6 Å². The van der Waals surface area contributed by atoms with E-state index in [0.29, 0.717) is 24.7 Å². The lowest BCUT2D eigenvalue weighted by Crippen LogP contribution is -2.05. The lowest BCUT2D eigenvalue weighted by molar-refractivity contribution is 0.185. The van der Waals surface area contributed by atoms with Crippen LogP contribution in [-0.4, -0.2) is 26.3 Å². The average molecular weight is 288 g/mol. The number of ether oxygens (including phenoxy) is 3. The number of rotatable bonds is 7. The Labute approximate surface area is 124 Å². The van der Waals surface area contributed by atoms with Crippen LogP contribution in [0.2, 0.25) is 0 Å². The van der Waals surface area contributed by atoms with Gasteiger partial charge in [-0.2, -0.15) is 0 Å². The fraction of sp³-hybridized carbons (Fsp3) is 0.312. The van der Waals surface area contributed by atoms with E-state index in [1.165, 1.54) is 0 Å². The molecule has 1 N–H and O–H groups in total. The van der Waals surface area contributed by atoms with Gasteiger partial charge in [0.2, 0.25) is 0 Å². The van der Waals surface area contributed by atoms with Gasteiger partial charge in [0.05, 0.1) is 27.4 Å². The van der Waals surface area contributed by atoms with Crippen molar-refractivity contribution in [3.63, 3.8) is 0 Å². The molecule has 1 aromatic carbocycles. The minimum atomic E-state index is 0.552. The maximum atomic E-state index is 5.37. The smallest absolute Gasteiger partial charge is 0.184 e. The molecule has 2 rings (SSSR count). The summed E-state index contributed by atoms with van der Waals surface area (Å²) in [6.07, 6.45) is 1.71. The molecule has 0 saturated heterocycles. The van der Waals surface area contributed by atoms with Crippen LogP contribution < -0.4 is 14.8 Å². The molecule has 5 nitrogen and oxygen atoms in total. The molecule has 112 valence electrons. The second-order valence-electron chi connectivity index (χ2n) is 4.48. The summed E-state index contributed by atoms with van der Waals surface area (Å²) >= 11 is 0. The Morgan fingerprint density at radius 2 is 1.95 bits per heavy atom. The number of benzene rings is 1. The molecule has 5 heteroatoms. The van der Waals surface area contributed by atoms with Crippen molar-refractivity contribution in [2.75, 3.05) is 26.6 Å². The number of anilines is 1. The molecule has 0 amide bonds. The van der Waals surface area contributed by atoms with Crippen molar-refractivity contribution in [3.05, 3.63) is 47.8 Å². The zero-order chi connectivity index (χ0) is 15.1. The highest BCUT2D eigenvalue weighted by atomic mass is 16.5. The predicted molar refractivity (Wildman–Crippen MR) is 81.8 cm³/mol. The third kappa shape index (κ3) is 3.86. The highest BCUT2D eigenvalue weighted by Gasteiger charge is 2.10. The summed E-state index contributed by atoms with van der Waals surface area (Å²) in [4.78, 5) is 4.34. The summed E-state index contributed by atoms with van der Waals surface area (Å²) in [5.41, 5.74) is 2.93. The number of hydrogen-bond donors (Lipinski definition) is 1. The molecule has 0 aliphatic carbocycles. The quantitative estimate of drug-likeness (QED) is 0.849. The van der Waals surface area contributed by atoms with Gasteiger partial charge in [-0.15, -0.1) is 0 Å². The molecule has 21 heavy (non-hydrogen) atoms. The first-order valence-electron chi connectivity index (χ1n) is 6.66. The predicted octanol–water partition coefficient (Wildman–Crippen LogP) is 2.86. The van der Waals surface area contributed by atoms with Crippen molar-refractivity contribution in [2.24, 2.45) is 0 Å². The van der Waals surface area contributed by atoms with E-state index in [2.05, 4.69) is 16.4 Å². The van der Waals surface area contributed by atoms with Crippen LogP contribution in [0, 0.1) is 0 Å². The summed E-state index contributed by atoms with van der Waals surface area (Å²) in [5, 5.41) is 3.33. The molecule has 0 bridgehead atoms. The van der Waals surface area contributed by atoms with Gasteiger partial charge in [-0.1, -0.05) is 12.1 Å². The van der Waals surface area contributed by atoms with E-state index in [0.717, 1.165) is 16.9 Å². The van der Waals surface area contributed by atoms with Gasteiger partial charge < -0.3 is 19.5 Å². The normalized spacial score (nSPS) is 10.2. The zero-order valence-electron chi connectivity index (χ0n) is 12.6. The van der Waals surface area contributed by atoms with Gasteiger partial charge in [-0.05, 0) is 17.7 Å². The first-order valence-corrected chi connectivity index (χ1v) is 6.66. The van der Waals surface area contributed by atoms with Crippen LogP contribution in [0.4, 0.5) is 5.69 Å². The molecular weight excluding hydrogens is 268 g/mol. The van der Waals surface area contributed by atoms with Crippen molar-refractivity contribution in [1.82, 2.24) is 4.98 Å². The molecule has 0 fully saturated rings. The molecule has 0 radical (unpaired) electrons. The maximum absolute atomic E-state index is 5.37. The SMILES string of the molecule is COCc1cccc(NCc2nccc(OC)c2OC)c1. The third-order valence-electron chi connectivity index (χ3n) is 3.06. The molecular formula is C16H20N2O3. The number of nitrogens with one attached hydrogen (secondary N) is 1. The molecule has 0 aliphatic rings. The van der Waals surface area contributed by atoms with Gasteiger partial charge >= 0.3 is 0 Å². The van der Waals surface area contributed by atoms with Crippen molar-refractivity contribution in [2.45, 2.75) is 13.2 Å². The molecule has 2 aromatic rings. The van der Waals surface area contributed by atoms with Crippen LogP contribution in [-0.2, 0) is 17.9 Å². The van der Waals surface area contributed by atoms with Gasteiger partial charge in [0.25, 0.3) is 0 Å². The van der Waals surface area contributed by atoms with Crippen molar-refractivity contribution >= 4 is 5.69 Å². The Hall–Kier alpha value is -2.27. The van der Waals surface area contributed by atoms with E-state index in [1.807, 2.05) is 18.2 Å². The molecule has 0 aliphatic heterocycles. The van der Waals surface area contributed by atoms with Crippen LogP contribution in [0.25, 0.3) is 0 Å². The minimum Gasteiger partial charge on any atom is -0.493 e. The molecule has 0 unspecified atom stereocenters. The first-order chi connectivity index (χ1) is 10.3. The number of aromatic nitrogens is 1. The standard InChI is InChI=1S/C16H20N2O3/c1-19-11-12-5-4-6-13(9-12)18-10-14-16(21-3)15(20-2)7-8-17-14/h4-9,18H,10-11H2,1-3H3. The Morgan fingerprint density at radius 1 is 1.10 bits per heavy atom. The number of methoxy groups -OCH3 is 3. The lowest BCUT2D eigenvalue weighted by Gasteiger charge is -2.13. The molecule has 0 spiro atoms. The van der Waals surface area contributed by atoms with E-state index >= 15 is 0 Å². The summed E-state index contributed by atoms with van der Waals surface area (Å²) in [6, 6.07) is 9.86. The van der Waals surface area contributed by atoms with E-state index in [4.69, 9.17) is 14.2 Å². The zero-order valence-corrected chi connectivity index (χ0v) is 12.6.